The van der Waals surface area contributed by atoms with E-state index in [1.165, 1.54) is 5.39 Å². The standard InChI is InChI=1S/C42H30BN3O2/c47-43(48)29-20-25-40-36(26-29)38-28-41-37(35-18-10-11-19-39(35)45(41)32-16-8-3-9-17-32)27-42(38)46(40)34-23-21-33(22-24-34)44(30-12-4-1-5-13-30)31-14-6-2-7-15-31/h1-28,47-48H. The number of para-hydroxylation sites is 4. The Morgan fingerprint density at radius 2 is 0.833 bits per heavy atom. The van der Waals surface area contributed by atoms with E-state index in [1.807, 2.05) is 30.3 Å². The van der Waals surface area contributed by atoms with Crippen molar-refractivity contribution in [2.75, 3.05) is 4.90 Å². The van der Waals surface area contributed by atoms with E-state index in [1.54, 1.807) is 6.07 Å². The van der Waals surface area contributed by atoms with Crippen LogP contribution in [0.4, 0.5) is 17.1 Å². The van der Waals surface area contributed by atoms with Crippen molar-refractivity contribution in [1.82, 2.24) is 9.13 Å². The molecule has 0 aliphatic rings. The third-order valence-electron chi connectivity index (χ3n) is 9.29. The number of hydrogen-bond acceptors (Lipinski definition) is 3. The lowest BCUT2D eigenvalue weighted by molar-refractivity contribution is 0.426. The van der Waals surface area contributed by atoms with Gasteiger partial charge in [0.05, 0.1) is 22.1 Å². The van der Waals surface area contributed by atoms with Crippen LogP contribution >= 0.6 is 0 Å². The zero-order valence-electron chi connectivity index (χ0n) is 26.0. The second kappa shape index (κ2) is 11.3. The number of aromatic nitrogens is 2. The number of rotatable bonds is 6. The molecule has 0 atom stereocenters. The van der Waals surface area contributed by atoms with Gasteiger partial charge in [-0.25, -0.2) is 0 Å². The van der Waals surface area contributed by atoms with E-state index in [4.69, 9.17) is 0 Å². The molecule has 5 nitrogen and oxygen atoms in total. The van der Waals surface area contributed by atoms with Crippen LogP contribution in [0.15, 0.2) is 170 Å². The summed E-state index contributed by atoms with van der Waals surface area (Å²) in [6.45, 7) is 0. The lowest BCUT2D eigenvalue weighted by atomic mass is 9.80. The third kappa shape index (κ3) is 4.50. The zero-order chi connectivity index (χ0) is 32.2. The highest BCUT2D eigenvalue weighted by Gasteiger charge is 2.21. The Hall–Kier alpha value is -6.08. The van der Waals surface area contributed by atoms with Gasteiger partial charge in [0.15, 0.2) is 0 Å². The number of hydrogen-bond donors (Lipinski definition) is 2. The average Bonchev–Trinajstić information content (AvgIpc) is 3.64. The predicted molar refractivity (Wildman–Crippen MR) is 200 cm³/mol. The Labute approximate surface area is 277 Å². The SMILES string of the molecule is OB(O)c1ccc2c(c1)c1cc3c(cc1n2-c1ccc(N(c2ccccc2)c2ccccc2)cc1)c1ccccc1n3-c1ccccc1. The second-order valence-corrected chi connectivity index (χ2v) is 12.1. The molecule has 0 unspecified atom stereocenters. The van der Waals surface area contributed by atoms with E-state index >= 15 is 0 Å². The summed E-state index contributed by atoms with van der Waals surface area (Å²) >= 11 is 0. The Balaban J connectivity index is 1.29. The molecule has 2 heterocycles. The van der Waals surface area contributed by atoms with Gasteiger partial charge in [0.2, 0.25) is 0 Å². The van der Waals surface area contributed by atoms with Crippen molar-refractivity contribution in [3.8, 4) is 11.4 Å². The summed E-state index contributed by atoms with van der Waals surface area (Å²) < 4.78 is 4.60. The molecule has 9 aromatic rings. The maximum Gasteiger partial charge on any atom is 0.488 e. The fraction of sp³-hybridized carbons (Fsp3) is 0. The minimum atomic E-state index is -1.56. The van der Waals surface area contributed by atoms with Crippen molar-refractivity contribution in [2.45, 2.75) is 0 Å². The summed E-state index contributed by atoms with van der Waals surface area (Å²) in [5.74, 6) is 0. The molecule has 9 rings (SSSR count). The molecule has 2 N–H and O–H groups in total. The van der Waals surface area contributed by atoms with Gasteiger partial charge < -0.3 is 24.1 Å². The normalized spacial score (nSPS) is 11.5. The summed E-state index contributed by atoms with van der Waals surface area (Å²) in [5.41, 5.74) is 10.1. The Bertz CT molecular complexity index is 2540. The minimum absolute atomic E-state index is 0.460. The predicted octanol–water partition coefficient (Wildman–Crippen LogP) is 9.03. The van der Waals surface area contributed by atoms with Crippen molar-refractivity contribution in [3.05, 3.63) is 170 Å². The molecular weight excluding hydrogens is 589 g/mol. The lowest BCUT2D eigenvalue weighted by Gasteiger charge is -2.25. The Morgan fingerprint density at radius 1 is 0.375 bits per heavy atom. The Kier molecular flexibility index (Phi) is 6.64. The fourth-order valence-electron chi connectivity index (χ4n) is 7.14. The lowest BCUT2D eigenvalue weighted by Crippen LogP contribution is -2.29. The van der Waals surface area contributed by atoms with Crippen molar-refractivity contribution in [3.63, 3.8) is 0 Å². The van der Waals surface area contributed by atoms with Gasteiger partial charge in [-0.2, -0.15) is 0 Å². The van der Waals surface area contributed by atoms with Gasteiger partial charge >= 0.3 is 7.12 Å². The highest BCUT2D eigenvalue weighted by Crippen LogP contribution is 2.40. The van der Waals surface area contributed by atoms with Crippen molar-refractivity contribution in [1.29, 1.82) is 0 Å². The van der Waals surface area contributed by atoms with Crippen LogP contribution in [0.25, 0.3) is 55.0 Å². The quantitative estimate of drug-likeness (QED) is 0.183. The van der Waals surface area contributed by atoms with E-state index in [2.05, 4.69) is 147 Å². The first kappa shape index (κ1) is 28.2. The van der Waals surface area contributed by atoms with Crippen molar-refractivity contribution < 1.29 is 10.0 Å². The highest BCUT2D eigenvalue weighted by molar-refractivity contribution is 6.59. The molecule has 0 bridgehead atoms. The monoisotopic (exact) mass is 619 g/mol. The molecule has 0 fully saturated rings. The highest BCUT2D eigenvalue weighted by atomic mass is 16.4. The topological polar surface area (TPSA) is 53.6 Å². The van der Waals surface area contributed by atoms with Gasteiger partial charge in [-0.3, -0.25) is 0 Å². The maximum atomic E-state index is 10.1. The average molecular weight is 620 g/mol. The molecule has 7 aromatic carbocycles. The first-order valence-electron chi connectivity index (χ1n) is 16.1. The van der Waals surface area contributed by atoms with Crippen molar-refractivity contribution >= 4 is 73.3 Å². The molecule has 0 amide bonds. The molecule has 0 saturated carbocycles. The second-order valence-electron chi connectivity index (χ2n) is 12.1. The van der Waals surface area contributed by atoms with E-state index in [0.29, 0.717) is 5.46 Å². The number of benzene rings is 7. The number of anilines is 3. The summed E-state index contributed by atoms with van der Waals surface area (Å²) in [7, 11) is -1.56. The van der Waals surface area contributed by atoms with E-state index in [0.717, 1.165) is 66.7 Å². The summed E-state index contributed by atoms with van der Waals surface area (Å²) in [4.78, 5) is 2.26. The van der Waals surface area contributed by atoms with Crippen molar-refractivity contribution in [2.24, 2.45) is 0 Å². The maximum absolute atomic E-state index is 10.1. The van der Waals surface area contributed by atoms with E-state index in [-0.39, 0.29) is 0 Å². The van der Waals surface area contributed by atoms with Crippen LogP contribution in [0.1, 0.15) is 0 Å². The third-order valence-corrected chi connectivity index (χ3v) is 9.29. The van der Waals surface area contributed by atoms with Gasteiger partial charge in [0.25, 0.3) is 0 Å². The van der Waals surface area contributed by atoms with Gasteiger partial charge in [0.1, 0.15) is 0 Å². The molecule has 0 aliphatic carbocycles. The first-order chi connectivity index (χ1) is 23.7. The van der Waals surface area contributed by atoms with Crippen LogP contribution in [-0.2, 0) is 0 Å². The largest absolute Gasteiger partial charge is 0.488 e. The number of nitrogens with zero attached hydrogens (tertiary/aromatic N) is 3. The molecule has 228 valence electrons. The first-order valence-corrected chi connectivity index (χ1v) is 16.1. The van der Waals surface area contributed by atoms with Crippen LogP contribution < -0.4 is 10.4 Å². The summed E-state index contributed by atoms with van der Waals surface area (Å²) in [6.07, 6.45) is 0. The molecule has 6 heteroatoms. The van der Waals surface area contributed by atoms with Gasteiger partial charge in [0, 0.05) is 50.0 Å². The Morgan fingerprint density at radius 3 is 1.44 bits per heavy atom. The van der Waals surface area contributed by atoms with Gasteiger partial charge in [-0.15, -0.1) is 0 Å². The molecule has 0 spiro atoms. The summed E-state index contributed by atoms with van der Waals surface area (Å²) in [5, 5.41) is 24.6. The molecular formula is C42H30BN3O2. The molecule has 48 heavy (non-hydrogen) atoms. The summed E-state index contributed by atoms with van der Waals surface area (Å²) in [6, 6.07) is 58.7. The van der Waals surface area contributed by atoms with Crippen LogP contribution in [0, 0.1) is 0 Å². The van der Waals surface area contributed by atoms with Gasteiger partial charge in [-0.05, 0) is 90.4 Å². The van der Waals surface area contributed by atoms with Crippen LogP contribution in [0.3, 0.4) is 0 Å². The van der Waals surface area contributed by atoms with Crippen LogP contribution in [-0.4, -0.2) is 26.3 Å². The minimum Gasteiger partial charge on any atom is -0.423 e. The van der Waals surface area contributed by atoms with E-state index in [9.17, 15) is 10.0 Å². The molecule has 0 saturated heterocycles. The smallest absolute Gasteiger partial charge is 0.423 e. The molecule has 2 aromatic heterocycles. The van der Waals surface area contributed by atoms with E-state index < -0.39 is 7.12 Å². The number of fused-ring (bicyclic) bond motifs is 6. The van der Waals surface area contributed by atoms with Crippen LogP contribution in [0.2, 0.25) is 0 Å². The van der Waals surface area contributed by atoms with Crippen LogP contribution in [0.5, 0.6) is 0 Å². The molecule has 0 aliphatic heterocycles. The molecule has 0 radical (unpaired) electrons. The fourth-order valence-corrected chi connectivity index (χ4v) is 7.14. The van der Waals surface area contributed by atoms with Gasteiger partial charge in [-0.1, -0.05) is 84.9 Å². The zero-order valence-corrected chi connectivity index (χ0v) is 26.0.